The van der Waals surface area contributed by atoms with E-state index in [2.05, 4.69) is 22.5 Å². The normalized spacial score (nSPS) is 24.1. The quantitative estimate of drug-likeness (QED) is 0.803. The van der Waals surface area contributed by atoms with Crippen LogP contribution in [-0.4, -0.2) is 11.1 Å². The molecule has 1 aromatic rings. The van der Waals surface area contributed by atoms with Crippen LogP contribution >= 0.6 is 15.9 Å². The lowest BCUT2D eigenvalue weighted by atomic mass is 9.74. The molecule has 1 aliphatic carbocycles. The number of aliphatic carboxylic acids is 1. The molecule has 1 N–H and O–H groups in total. The molecule has 1 aromatic carbocycles. The molecule has 1 atom stereocenters. The Morgan fingerprint density at radius 2 is 2.05 bits per heavy atom. The third-order valence-corrected chi connectivity index (χ3v) is 4.88. The SMILES string of the molecule is C=CC(C(=O)O)C1CCC(c2ccc(Br)c(F)c2)CC1. The third kappa shape index (κ3) is 3.29. The number of halogens is 2. The van der Waals surface area contributed by atoms with E-state index in [-0.39, 0.29) is 11.7 Å². The van der Waals surface area contributed by atoms with Crippen LogP contribution in [0.25, 0.3) is 0 Å². The van der Waals surface area contributed by atoms with Crippen LogP contribution in [0.2, 0.25) is 0 Å². The van der Waals surface area contributed by atoms with E-state index in [1.807, 2.05) is 6.07 Å². The minimum Gasteiger partial charge on any atom is -0.481 e. The third-order valence-electron chi connectivity index (χ3n) is 4.23. The molecular weight excluding hydrogens is 323 g/mol. The van der Waals surface area contributed by atoms with E-state index in [1.54, 1.807) is 12.1 Å². The summed E-state index contributed by atoms with van der Waals surface area (Å²) in [4.78, 5) is 11.1. The van der Waals surface area contributed by atoms with Gasteiger partial charge in [0.15, 0.2) is 0 Å². The molecule has 4 heteroatoms. The zero-order valence-electron chi connectivity index (χ0n) is 11.2. The minimum absolute atomic E-state index is 0.154. The van der Waals surface area contributed by atoms with Gasteiger partial charge in [-0.15, -0.1) is 6.58 Å². The van der Waals surface area contributed by atoms with Gasteiger partial charge in [-0.3, -0.25) is 4.79 Å². The summed E-state index contributed by atoms with van der Waals surface area (Å²) in [7, 11) is 0. The molecule has 0 heterocycles. The summed E-state index contributed by atoms with van der Waals surface area (Å²) in [5, 5.41) is 9.15. The van der Waals surface area contributed by atoms with E-state index in [4.69, 9.17) is 5.11 Å². The largest absolute Gasteiger partial charge is 0.481 e. The van der Waals surface area contributed by atoms with Gasteiger partial charge in [-0.1, -0.05) is 12.1 Å². The van der Waals surface area contributed by atoms with Crippen molar-refractivity contribution in [2.45, 2.75) is 31.6 Å². The highest BCUT2D eigenvalue weighted by Crippen LogP contribution is 2.39. The van der Waals surface area contributed by atoms with E-state index in [9.17, 15) is 9.18 Å². The first kappa shape index (κ1) is 15.2. The van der Waals surface area contributed by atoms with Crippen LogP contribution in [0.1, 0.15) is 37.2 Å². The molecule has 0 bridgehead atoms. The fourth-order valence-corrected chi connectivity index (χ4v) is 3.32. The fraction of sp³-hybridized carbons (Fsp3) is 0.438. The molecule has 1 fully saturated rings. The molecule has 0 aromatic heterocycles. The summed E-state index contributed by atoms with van der Waals surface area (Å²) < 4.78 is 14.0. The van der Waals surface area contributed by atoms with Crippen molar-refractivity contribution < 1.29 is 14.3 Å². The number of carbonyl (C=O) groups is 1. The number of hydrogen-bond acceptors (Lipinski definition) is 1. The van der Waals surface area contributed by atoms with Crippen molar-refractivity contribution in [1.29, 1.82) is 0 Å². The molecule has 2 nitrogen and oxygen atoms in total. The Morgan fingerprint density at radius 1 is 1.40 bits per heavy atom. The molecule has 1 saturated carbocycles. The van der Waals surface area contributed by atoms with Crippen molar-refractivity contribution >= 4 is 21.9 Å². The maximum atomic E-state index is 13.6. The highest BCUT2D eigenvalue weighted by atomic mass is 79.9. The number of carboxylic acid groups (broad SMARTS) is 1. The van der Waals surface area contributed by atoms with Gasteiger partial charge >= 0.3 is 5.97 Å². The van der Waals surface area contributed by atoms with E-state index in [0.717, 1.165) is 31.2 Å². The number of carboxylic acids is 1. The first-order chi connectivity index (χ1) is 9.52. The van der Waals surface area contributed by atoms with Crippen molar-refractivity contribution in [3.8, 4) is 0 Å². The molecule has 108 valence electrons. The van der Waals surface area contributed by atoms with Gasteiger partial charge in [0.25, 0.3) is 0 Å². The molecule has 2 rings (SSSR count). The lowest BCUT2D eigenvalue weighted by Crippen LogP contribution is -2.25. The van der Waals surface area contributed by atoms with Gasteiger partial charge in [-0.05, 0) is 71.1 Å². The molecule has 0 amide bonds. The predicted octanol–water partition coefficient (Wildman–Crippen LogP) is 4.75. The first-order valence-electron chi connectivity index (χ1n) is 6.83. The highest BCUT2D eigenvalue weighted by Gasteiger charge is 2.30. The van der Waals surface area contributed by atoms with E-state index in [0.29, 0.717) is 10.4 Å². The van der Waals surface area contributed by atoms with Gasteiger partial charge in [0.2, 0.25) is 0 Å². The molecule has 0 aliphatic heterocycles. The second-order valence-corrected chi connectivity index (χ2v) is 6.24. The molecule has 1 aliphatic rings. The lowest BCUT2D eigenvalue weighted by molar-refractivity contribution is -0.142. The van der Waals surface area contributed by atoms with Gasteiger partial charge in [-0.2, -0.15) is 0 Å². The van der Waals surface area contributed by atoms with Crippen molar-refractivity contribution in [2.24, 2.45) is 11.8 Å². The lowest BCUT2D eigenvalue weighted by Gasteiger charge is -2.31. The molecule has 1 unspecified atom stereocenters. The maximum absolute atomic E-state index is 13.6. The highest BCUT2D eigenvalue weighted by molar-refractivity contribution is 9.10. The number of benzene rings is 1. The van der Waals surface area contributed by atoms with Crippen molar-refractivity contribution in [3.63, 3.8) is 0 Å². The summed E-state index contributed by atoms with van der Waals surface area (Å²) in [5.74, 6) is -1.01. The second kappa shape index (κ2) is 6.53. The standard InChI is InChI=1S/C16H18BrFO2/c1-2-13(16(19)20)11-5-3-10(4-6-11)12-7-8-14(17)15(18)9-12/h2,7-11,13H,1,3-6H2,(H,19,20). The van der Waals surface area contributed by atoms with E-state index in [1.165, 1.54) is 6.08 Å². The summed E-state index contributed by atoms with van der Waals surface area (Å²) in [6.45, 7) is 3.62. The van der Waals surface area contributed by atoms with Crippen LogP contribution in [0.4, 0.5) is 4.39 Å². The molecule has 0 radical (unpaired) electrons. The van der Waals surface area contributed by atoms with Crippen LogP contribution in [0, 0.1) is 17.7 Å². The molecule has 20 heavy (non-hydrogen) atoms. The van der Waals surface area contributed by atoms with Crippen LogP contribution in [-0.2, 0) is 4.79 Å². The topological polar surface area (TPSA) is 37.3 Å². The first-order valence-corrected chi connectivity index (χ1v) is 7.62. The Hall–Kier alpha value is -1.16. The Morgan fingerprint density at radius 3 is 2.55 bits per heavy atom. The average Bonchev–Trinajstić information content (AvgIpc) is 2.43. The van der Waals surface area contributed by atoms with Gasteiger partial charge in [0.1, 0.15) is 5.82 Å². The molecule has 0 saturated heterocycles. The Kier molecular flexibility index (Phi) is 4.97. The van der Waals surface area contributed by atoms with Crippen molar-refractivity contribution in [2.75, 3.05) is 0 Å². The van der Waals surface area contributed by atoms with Gasteiger partial charge in [0.05, 0.1) is 10.4 Å². The van der Waals surface area contributed by atoms with E-state index >= 15 is 0 Å². The Bertz CT molecular complexity index is 507. The Labute approximate surface area is 126 Å². The number of rotatable bonds is 4. The second-order valence-electron chi connectivity index (χ2n) is 5.38. The molecule has 0 spiro atoms. The summed E-state index contributed by atoms with van der Waals surface area (Å²) >= 11 is 3.16. The van der Waals surface area contributed by atoms with Crippen molar-refractivity contribution in [1.82, 2.24) is 0 Å². The van der Waals surface area contributed by atoms with Crippen molar-refractivity contribution in [3.05, 3.63) is 46.7 Å². The van der Waals surface area contributed by atoms with Gasteiger partial charge in [-0.25, -0.2) is 4.39 Å². The fourth-order valence-electron chi connectivity index (χ4n) is 3.07. The minimum atomic E-state index is -0.793. The summed E-state index contributed by atoms with van der Waals surface area (Å²) in [6.07, 6.45) is 5.05. The summed E-state index contributed by atoms with van der Waals surface area (Å²) in [6, 6.07) is 5.26. The summed E-state index contributed by atoms with van der Waals surface area (Å²) in [5.41, 5.74) is 1.01. The van der Waals surface area contributed by atoms with Crippen LogP contribution in [0.3, 0.4) is 0 Å². The smallest absolute Gasteiger partial charge is 0.310 e. The van der Waals surface area contributed by atoms with Crippen LogP contribution in [0.15, 0.2) is 35.3 Å². The van der Waals surface area contributed by atoms with Crippen LogP contribution in [0.5, 0.6) is 0 Å². The zero-order valence-corrected chi connectivity index (χ0v) is 12.8. The number of hydrogen-bond donors (Lipinski definition) is 1. The van der Waals surface area contributed by atoms with Gasteiger partial charge in [0, 0.05) is 0 Å². The monoisotopic (exact) mass is 340 g/mol. The Balaban J connectivity index is 2.02. The maximum Gasteiger partial charge on any atom is 0.310 e. The van der Waals surface area contributed by atoms with Gasteiger partial charge < -0.3 is 5.11 Å². The predicted molar refractivity (Wildman–Crippen MR) is 80.1 cm³/mol. The van der Waals surface area contributed by atoms with Crippen LogP contribution < -0.4 is 0 Å². The van der Waals surface area contributed by atoms with E-state index < -0.39 is 11.9 Å². The average molecular weight is 341 g/mol. The zero-order chi connectivity index (χ0) is 14.7. The molecular formula is C16H18BrFO2.